The molecule has 0 aromatic carbocycles. The first-order chi connectivity index (χ1) is 8.91. The fourth-order valence-electron chi connectivity index (χ4n) is 1.87. The minimum Gasteiger partial charge on any atom is -0.389 e. The van der Waals surface area contributed by atoms with E-state index in [0.717, 1.165) is 11.3 Å². The summed E-state index contributed by atoms with van der Waals surface area (Å²) in [7, 11) is 1.76. The van der Waals surface area contributed by atoms with Crippen LogP contribution in [0.4, 0.5) is 0 Å². The van der Waals surface area contributed by atoms with E-state index in [1.54, 1.807) is 30.1 Å². The zero-order chi connectivity index (χ0) is 14.2. The third-order valence-corrected chi connectivity index (χ3v) is 3.58. The summed E-state index contributed by atoms with van der Waals surface area (Å²) in [5.74, 6) is 0. The number of halogens is 1. The Morgan fingerprint density at radius 3 is 2.79 bits per heavy atom. The Balaban J connectivity index is 2.47. The number of rotatable bonds is 3. The summed E-state index contributed by atoms with van der Waals surface area (Å²) in [6.45, 7) is 2.19. The van der Waals surface area contributed by atoms with Crippen molar-refractivity contribution >= 4 is 28.8 Å². The van der Waals surface area contributed by atoms with Crippen molar-refractivity contribution in [3.8, 4) is 0 Å². The summed E-state index contributed by atoms with van der Waals surface area (Å²) in [6.07, 6.45) is 1.67. The molecule has 0 radical (unpaired) electrons. The van der Waals surface area contributed by atoms with Crippen molar-refractivity contribution in [3.63, 3.8) is 0 Å². The van der Waals surface area contributed by atoms with Gasteiger partial charge in [0.2, 0.25) is 0 Å². The van der Waals surface area contributed by atoms with Gasteiger partial charge < -0.3 is 10.3 Å². The molecular weight excluding hydrogens is 284 g/mol. The number of thiocarbonyl (C=S) groups is 1. The highest BCUT2D eigenvalue weighted by Gasteiger charge is 2.13. The second-order valence-electron chi connectivity index (χ2n) is 4.20. The molecular formula is C12H13ClN4OS. The van der Waals surface area contributed by atoms with E-state index in [0.29, 0.717) is 17.3 Å². The Kier molecular flexibility index (Phi) is 3.73. The van der Waals surface area contributed by atoms with E-state index in [2.05, 4.69) is 5.10 Å². The molecule has 100 valence electrons. The van der Waals surface area contributed by atoms with Gasteiger partial charge in [-0.15, -0.1) is 0 Å². The van der Waals surface area contributed by atoms with Crippen molar-refractivity contribution in [1.82, 2.24) is 14.3 Å². The Bertz CT molecular complexity index is 704. The van der Waals surface area contributed by atoms with Crippen LogP contribution in [0.1, 0.15) is 16.8 Å². The molecule has 0 aliphatic heterocycles. The van der Waals surface area contributed by atoms with Crippen LogP contribution >= 0.6 is 23.8 Å². The Hall–Kier alpha value is -1.66. The molecule has 0 saturated carbocycles. The van der Waals surface area contributed by atoms with Crippen LogP contribution in [0, 0.1) is 6.92 Å². The van der Waals surface area contributed by atoms with Gasteiger partial charge in [-0.05, 0) is 19.1 Å². The van der Waals surface area contributed by atoms with Crippen molar-refractivity contribution in [2.24, 2.45) is 12.8 Å². The largest absolute Gasteiger partial charge is 0.389 e. The number of nitrogens with zero attached hydrogens (tertiary/aromatic N) is 3. The minimum absolute atomic E-state index is 0.0911. The molecule has 0 saturated heterocycles. The highest BCUT2D eigenvalue weighted by Crippen LogP contribution is 2.19. The zero-order valence-electron chi connectivity index (χ0n) is 10.6. The maximum absolute atomic E-state index is 12.2. The quantitative estimate of drug-likeness (QED) is 0.865. The van der Waals surface area contributed by atoms with Crippen molar-refractivity contribution < 1.29 is 0 Å². The summed E-state index contributed by atoms with van der Waals surface area (Å²) in [5, 5.41) is 4.73. The Morgan fingerprint density at radius 2 is 2.26 bits per heavy atom. The summed E-state index contributed by atoms with van der Waals surface area (Å²) >= 11 is 11.0. The molecule has 2 aromatic heterocycles. The SMILES string of the molecule is Cc1nn(C)c(Cl)c1Cn1cccc(C(N)=S)c1=O. The van der Waals surface area contributed by atoms with E-state index < -0.39 is 0 Å². The molecule has 2 heterocycles. The molecule has 0 fully saturated rings. The molecule has 19 heavy (non-hydrogen) atoms. The summed E-state index contributed by atoms with van der Waals surface area (Å²) in [5.41, 5.74) is 7.22. The normalized spacial score (nSPS) is 10.7. The van der Waals surface area contributed by atoms with E-state index in [1.165, 1.54) is 4.57 Å². The lowest BCUT2D eigenvalue weighted by Gasteiger charge is -2.07. The lowest BCUT2D eigenvalue weighted by molar-refractivity contribution is 0.749. The summed E-state index contributed by atoms with van der Waals surface area (Å²) < 4.78 is 3.10. The van der Waals surface area contributed by atoms with Gasteiger partial charge >= 0.3 is 0 Å². The van der Waals surface area contributed by atoms with Crippen LogP contribution in [0.3, 0.4) is 0 Å². The van der Waals surface area contributed by atoms with Crippen LogP contribution < -0.4 is 11.3 Å². The summed E-state index contributed by atoms with van der Waals surface area (Å²) in [6, 6.07) is 3.34. The van der Waals surface area contributed by atoms with Gasteiger partial charge in [0.05, 0.1) is 17.8 Å². The molecule has 2 rings (SSSR count). The van der Waals surface area contributed by atoms with Crippen LogP contribution in [0.5, 0.6) is 0 Å². The Labute approximate surface area is 120 Å². The fraction of sp³-hybridized carbons (Fsp3) is 0.250. The van der Waals surface area contributed by atoms with Gasteiger partial charge in [-0.25, -0.2) is 0 Å². The molecule has 5 nitrogen and oxygen atoms in total. The van der Waals surface area contributed by atoms with Gasteiger partial charge in [-0.3, -0.25) is 9.48 Å². The van der Waals surface area contributed by atoms with E-state index in [1.807, 2.05) is 6.92 Å². The number of pyridine rings is 1. The number of hydrogen-bond acceptors (Lipinski definition) is 3. The third kappa shape index (κ3) is 2.54. The second-order valence-corrected chi connectivity index (χ2v) is 5.00. The predicted octanol–water partition coefficient (Wildman–Crippen LogP) is 1.23. The van der Waals surface area contributed by atoms with E-state index in [4.69, 9.17) is 29.6 Å². The van der Waals surface area contributed by atoms with Crippen LogP contribution in [0.2, 0.25) is 5.15 Å². The molecule has 2 N–H and O–H groups in total. The smallest absolute Gasteiger partial charge is 0.261 e. The monoisotopic (exact) mass is 296 g/mol. The van der Waals surface area contributed by atoms with Crippen molar-refractivity contribution in [2.45, 2.75) is 13.5 Å². The first-order valence-corrected chi connectivity index (χ1v) is 6.37. The second kappa shape index (κ2) is 5.14. The molecule has 0 atom stereocenters. The highest BCUT2D eigenvalue weighted by molar-refractivity contribution is 7.80. The lowest BCUT2D eigenvalue weighted by atomic mass is 10.2. The van der Waals surface area contributed by atoms with Crippen LogP contribution in [0.25, 0.3) is 0 Å². The number of hydrogen-bond donors (Lipinski definition) is 1. The first kappa shape index (κ1) is 13.8. The third-order valence-electron chi connectivity index (χ3n) is 2.88. The molecule has 0 aliphatic rings. The van der Waals surface area contributed by atoms with Crippen LogP contribution in [-0.2, 0) is 13.6 Å². The predicted molar refractivity (Wildman–Crippen MR) is 78.6 cm³/mol. The Morgan fingerprint density at radius 1 is 1.58 bits per heavy atom. The molecule has 0 aliphatic carbocycles. The molecule has 0 amide bonds. The van der Waals surface area contributed by atoms with E-state index in [-0.39, 0.29) is 10.5 Å². The maximum Gasteiger partial charge on any atom is 0.261 e. The van der Waals surface area contributed by atoms with Crippen molar-refractivity contribution in [2.75, 3.05) is 0 Å². The highest BCUT2D eigenvalue weighted by atomic mass is 35.5. The van der Waals surface area contributed by atoms with Crippen molar-refractivity contribution in [3.05, 3.63) is 50.7 Å². The van der Waals surface area contributed by atoms with Gasteiger partial charge in [-0.1, -0.05) is 23.8 Å². The van der Waals surface area contributed by atoms with Crippen LogP contribution in [0.15, 0.2) is 23.1 Å². The van der Waals surface area contributed by atoms with Gasteiger partial charge in [0.15, 0.2) is 0 Å². The molecule has 0 spiro atoms. The maximum atomic E-state index is 12.2. The van der Waals surface area contributed by atoms with E-state index in [9.17, 15) is 4.79 Å². The lowest BCUT2D eigenvalue weighted by Crippen LogP contribution is -2.28. The average molecular weight is 297 g/mol. The van der Waals surface area contributed by atoms with Gasteiger partial charge in [0.25, 0.3) is 5.56 Å². The number of aryl methyl sites for hydroxylation is 2. The number of aromatic nitrogens is 3. The van der Waals surface area contributed by atoms with Crippen molar-refractivity contribution in [1.29, 1.82) is 0 Å². The molecule has 0 bridgehead atoms. The van der Waals surface area contributed by atoms with E-state index >= 15 is 0 Å². The molecule has 0 unspecified atom stereocenters. The molecule has 2 aromatic rings. The van der Waals surface area contributed by atoms with Gasteiger partial charge in [0, 0.05) is 18.8 Å². The van der Waals surface area contributed by atoms with Gasteiger partial charge in [-0.2, -0.15) is 5.10 Å². The fourth-order valence-corrected chi connectivity index (χ4v) is 2.26. The minimum atomic E-state index is -0.227. The summed E-state index contributed by atoms with van der Waals surface area (Å²) in [4.78, 5) is 12.3. The first-order valence-electron chi connectivity index (χ1n) is 5.59. The standard InChI is InChI=1S/C12H13ClN4OS/c1-7-9(10(13)16(2)15-7)6-17-5-3-4-8(11(14)19)12(17)18/h3-5H,6H2,1-2H3,(H2,14,19). The average Bonchev–Trinajstić information content (AvgIpc) is 2.58. The topological polar surface area (TPSA) is 65.8 Å². The number of nitrogens with two attached hydrogens (primary N) is 1. The molecule has 7 heteroatoms. The van der Waals surface area contributed by atoms with Crippen LogP contribution in [-0.4, -0.2) is 19.3 Å². The van der Waals surface area contributed by atoms with Gasteiger partial charge in [0.1, 0.15) is 10.1 Å². The zero-order valence-corrected chi connectivity index (χ0v) is 12.1.